The van der Waals surface area contributed by atoms with Gasteiger partial charge in [0, 0.05) is 5.92 Å². The van der Waals surface area contributed by atoms with Gasteiger partial charge >= 0.3 is 0 Å². The standard InChI is InChI=1S/C32H50O/c1-18(2)24-13-26(20(5)6)31(27(14-24)21(7)8)30(17-33)32-28(22(9)10)15-25(19(3)4)16-29(32)23(11)12/h13-16,18-23,30,33H,17H2,1-12H3. The number of benzene rings is 2. The maximum absolute atomic E-state index is 11.0. The minimum Gasteiger partial charge on any atom is -0.395 e. The van der Waals surface area contributed by atoms with Crippen LogP contribution in [0.5, 0.6) is 0 Å². The Morgan fingerprint density at radius 3 is 0.848 bits per heavy atom. The van der Waals surface area contributed by atoms with Crippen molar-refractivity contribution in [1.82, 2.24) is 0 Å². The van der Waals surface area contributed by atoms with Crippen molar-refractivity contribution in [3.63, 3.8) is 0 Å². The summed E-state index contributed by atoms with van der Waals surface area (Å²) in [6.45, 7) is 27.7. The van der Waals surface area contributed by atoms with Crippen molar-refractivity contribution in [2.75, 3.05) is 6.61 Å². The van der Waals surface area contributed by atoms with Gasteiger partial charge in [-0.15, -0.1) is 0 Å². The lowest BCUT2D eigenvalue weighted by atomic mass is 9.72. The Balaban J connectivity index is 3.01. The van der Waals surface area contributed by atoms with Crippen LogP contribution in [0.25, 0.3) is 0 Å². The van der Waals surface area contributed by atoms with Gasteiger partial charge in [0.1, 0.15) is 0 Å². The third-order valence-corrected chi connectivity index (χ3v) is 7.23. The normalized spacial score (nSPS) is 12.6. The predicted molar refractivity (Wildman–Crippen MR) is 146 cm³/mol. The maximum Gasteiger partial charge on any atom is 0.0540 e. The zero-order valence-corrected chi connectivity index (χ0v) is 23.5. The Hall–Kier alpha value is -1.60. The van der Waals surface area contributed by atoms with E-state index in [1.807, 2.05) is 0 Å². The molecule has 0 bridgehead atoms. The highest BCUT2D eigenvalue weighted by molar-refractivity contribution is 5.54. The van der Waals surface area contributed by atoms with Gasteiger partial charge in [0.25, 0.3) is 0 Å². The zero-order valence-electron chi connectivity index (χ0n) is 23.5. The molecule has 0 heterocycles. The van der Waals surface area contributed by atoms with Crippen LogP contribution in [-0.2, 0) is 0 Å². The smallest absolute Gasteiger partial charge is 0.0540 e. The predicted octanol–water partition coefficient (Wildman–Crippen LogP) is 9.55. The van der Waals surface area contributed by atoms with Gasteiger partial charge in [0.15, 0.2) is 0 Å². The van der Waals surface area contributed by atoms with E-state index >= 15 is 0 Å². The molecule has 0 fully saturated rings. The van der Waals surface area contributed by atoms with E-state index in [1.54, 1.807) is 0 Å². The second-order valence-corrected chi connectivity index (χ2v) is 11.9. The van der Waals surface area contributed by atoms with Gasteiger partial charge in [0.2, 0.25) is 0 Å². The van der Waals surface area contributed by atoms with E-state index < -0.39 is 0 Å². The molecule has 0 radical (unpaired) electrons. The molecule has 0 aromatic heterocycles. The lowest BCUT2D eigenvalue weighted by molar-refractivity contribution is 0.278. The fourth-order valence-corrected chi connectivity index (χ4v) is 5.15. The van der Waals surface area contributed by atoms with Crippen molar-refractivity contribution in [1.29, 1.82) is 0 Å². The first-order valence-corrected chi connectivity index (χ1v) is 13.3. The largest absolute Gasteiger partial charge is 0.395 e. The van der Waals surface area contributed by atoms with Gasteiger partial charge in [-0.2, -0.15) is 0 Å². The quantitative estimate of drug-likeness (QED) is 0.403. The lowest BCUT2D eigenvalue weighted by Gasteiger charge is -2.32. The summed E-state index contributed by atoms with van der Waals surface area (Å²) >= 11 is 0. The van der Waals surface area contributed by atoms with E-state index in [2.05, 4.69) is 107 Å². The Kier molecular flexibility index (Phi) is 9.40. The second-order valence-electron chi connectivity index (χ2n) is 11.9. The van der Waals surface area contributed by atoms with E-state index in [4.69, 9.17) is 0 Å². The molecule has 1 N–H and O–H groups in total. The Labute approximate surface area is 205 Å². The van der Waals surface area contributed by atoms with E-state index in [0.29, 0.717) is 35.5 Å². The van der Waals surface area contributed by atoms with Crippen LogP contribution in [0.3, 0.4) is 0 Å². The average Bonchev–Trinajstić information content (AvgIpc) is 2.72. The first-order chi connectivity index (χ1) is 15.3. The first-order valence-electron chi connectivity index (χ1n) is 13.3. The first kappa shape index (κ1) is 27.6. The molecule has 0 aliphatic heterocycles. The highest BCUT2D eigenvalue weighted by Crippen LogP contribution is 2.44. The van der Waals surface area contributed by atoms with Crippen molar-refractivity contribution >= 4 is 0 Å². The van der Waals surface area contributed by atoms with Gasteiger partial charge in [0.05, 0.1) is 6.61 Å². The number of rotatable bonds is 9. The third-order valence-electron chi connectivity index (χ3n) is 7.23. The number of hydrogen-bond acceptors (Lipinski definition) is 1. The monoisotopic (exact) mass is 450 g/mol. The van der Waals surface area contributed by atoms with Gasteiger partial charge in [-0.25, -0.2) is 0 Å². The molecule has 2 aromatic rings. The lowest BCUT2D eigenvalue weighted by Crippen LogP contribution is -2.19. The SMILES string of the molecule is CC(C)c1cc(C(C)C)c(C(CO)c2c(C(C)C)cc(C(C)C)cc2C(C)C)c(C(C)C)c1. The highest BCUT2D eigenvalue weighted by Gasteiger charge is 2.29. The van der Waals surface area contributed by atoms with Gasteiger partial charge < -0.3 is 5.11 Å². The molecule has 33 heavy (non-hydrogen) atoms. The number of aliphatic hydroxyl groups is 1. The molecule has 0 aliphatic rings. The van der Waals surface area contributed by atoms with Crippen LogP contribution >= 0.6 is 0 Å². The molecular weight excluding hydrogens is 400 g/mol. The molecule has 0 atom stereocenters. The van der Waals surface area contributed by atoms with Crippen LogP contribution in [0.4, 0.5) is 0 Å². The highest BCUT2D eigenvalue weighted by atomic mass is 16.3. The third kappa shape index (κ3) is 5.91. The van der Waals surface area contributed by atoms with Crippen LogP contribution in [0, 0.1) is 0 Å². The Morgan fingerprint density at radius 2 is 0.697 bits per heavy atom. The van der Waals surface area contributed by atoms with Crippen LogP contribution in [-0.4, -0.2) is 11.7 Å². The molecular formula is C32H50O. The second kappa shape index (κ2) is 11.2. The van der Waals surface area contributed by atoms with Crippen LogP contribution in [0.15, 0.2) is 24.3 Å². The molecule has 0 unspecified atom stereocenters. The van der Waals surface area contributed by atoms with Crippen LogP contribution in [0.1, 0.15) is 169 Å². The summed E-state index contributed by atoms with van der Waals surface area (Å²) in [5.41, 5.74) is 11.2. The molecule has 0 amide bonds. The van der Waals surface area contributed by atoms with Crippen molar-refractivity contribution in [2.45, 2.75) is 125 Å². The fourth-order valence-electron chi connectivity index (χ4n) is 5.15. The molecule has 0 spiro atoms. The van der Waals surface area contributed by atoms with Crippen molar-refractivity contribution < 1.29 is 5.11 Å². The van der Waals surface area contributed by atoms with Crippen molar-refractivity contribution in [2.24, 2.45) is 0 Å². The maximum atomic E-state index is 11.0. The van der Waals surface area contributed by atoms with Crippen molar-refractivity contribution in [3.8, 4) is 0 Å². The summed E-state index contributed by atoms with van der Waals surface area (Å²) in [4.78, 5) is 0. The number of aliphatic hydroxyl groups excluding tert-OH is 1. The van der Waals surface area contributed by atoms with E-state index in [-0.39, 0.29) is 12.5 Å². The summed E-state index contributed by atoms with van der Waals surface area (Å²) in [5.74, 6) is 2.61. The van der Waals surface area contributed by atoms with Gasteiger partial charge in [-0.1, -0.05) is 107 Å². The topological polar surface area (TPSA) is 20.2 Å². The molecule has 2 rings (SSSR count). The summed E-state index contributed by atoms with van der Waals surface area (Å²) in [5, 5.41) is 11.0. The average molecular weight is 451 g/mol. The molecule has 1 nitrogen and oxygen atoms in total. The van der Waals surface area contributed by atoms with Gasteiger partial charge in [-0.3, -0.25) is 0 Å². The van der Waals surface area contributed by atoms with E-state index in [0.717, 1.165) is 0 Å². The minimum absolute atomic E-state index is 0.00276. The molecule has 0 saturated carbocycles. The molecule has 184 valence electrons. The minimum atomic E-state index is -0.00276. The molecule has 1 heteroatoms. The molecule has 2 aromatic carbocycles. The Bertz CT molecular complexity index is 794. The Morgan fingerprint density at radius 1 is 0.455 bits per heavy atom. The zero-order chi connectivity index (χ0) is 25.2. The van der Waals surface area contributed by atoms with E-state index in [9.17, 15) is 5.11 Å². The summed E-state index contributed by atoms with van der Waals surface area (Å²) in [6.07, 6.45) is 0. The fraction of sp³-hybridized carbons (Fsp3) is 0.625. The van der Waals surface area contributed by atoms with Gasteiger partial charge in [-0.05, 0) is 80.0 Å². The number of hydrogen-bond donors (Lipinski definition) is 1. The van der Waals surface area contributed by atoms with E-state index in [1.165, 1.54) is 44.5 Å². The van der Waals surface area contributed by atoms with Crippen molar-refractivity contribution in [3.05, 3.63) is 68.8 Å². The van der Waals surface area contributed by atoms with Crippen LogP contribution in [0.2, 0.25) is 0 Å². The van der Waals surface area contributed by atoms with Crippen LogP contribution < -0.4 is 0 Å². The molecule has 0 aliphatic carbocycles. The summed E-state index contributed by atoms with van der Waals surface area (Å²) < 4.78 is 0. The summed E-state index contributed by atoms with van der Waals surface area (Å²) in [6, 6.07) is 9.69. The summed E-state index contributed by atoms with van der Waals surface area (Å²) in [7, 11) is 0. The molecule has 0 saturated heterocycles.